The SMILES string of the molecule is C=CC(=C\C=C/C)/N=C(N)/C=C/c1ccc(CC)cc1. The van der Waals surface area contributed by atoms with Gasteiger partial charge in [0.2, 0.25) is 0 Å². The Balaban J connectivity index is 2.79. The summed E-state index contributed by atoms with van der Waals surface area (Å²) in [6.07, 6.45) is 12.2. The minimum Gasteiger partial charge on any atom is -0.384 e. The number of aliphatic imine (C=N–C) groups is 1. The van der Waals surface area contributed by atoms with Crippen molar-refractivity contribution in [2.45, 2.75) is 20.3 Å². The molecule has 0 spiro atoms. The average Bonchev–Trinajstić information content (AvgIpc) is 2.49. The van der Waals surface area contributed by atoms with E-state index in [9.17, 15) is 0 Å². The molecule has 2 N–H and O–H groups in total. The quantitative estimate of drug-likeness (QED) is 0.466. The summed E-state index contributed by atoms with van der Waals surface area (Å²) in [5.74, 6) is 0.459. The summed E-state index contributed by atoms with van der Waals surface area (Å²) in [5, 5.41) is 0. The van der Waals surface area contributed by atoms with E-state index >= 15 is 0 Å². The van der Waals surface area contributed by atoms with Gasteiger partial charge in [-0.05, 0) is 42.7 Å². The van der Waals surface area contributed by atoms with Gasteiger partial charge in [0.05, 0.1) is 5.70 Å². The number of allylic oxidation sites excluding steroid dienone is 4. The molecule has 2 nitrogen and oxygen atoms in total. The fourth-order valence-corrected chi connectivity index (χ4v) is 1.58. The molecule has 1 aromatic rings. The summed E-state index contributed by atoms with van der Waals surface area (Å²) < 4.78 is 0. The summed E-state index contributed by atoms with van der Waals surface area (Å²) >= 11 is 0. The summed E-state index contributed by atoms with van der Waals surface area (Å²) in [7, 11) is 0. The minimum absolute atomic E-state index is 0.459. The van der Waals surface area contributed by atoms with Gasteiger partial charge in [-0.25, -0.2) is 4.99 Å². The Morgan fingerprint density at radius 3 is 2.55 bits per heavy atom. The first kappa shape index (κ1) is 15.7. The molecule has 2 heteroatoms. The van der Waals surface area contributed by atoms with Crippen LogP contribution in [0.1, 0.15) is 25.0 Å². The first-order valence-electron chi connectivity index (χ1n) is 6.76. The molecule has 0 aliphatic carbocycles. The lowest BCUT2D eigenvalue weighted by Gasteiger charge is -1.98. The fraction of sp³-hybridized carbons (Fsp3) is 0.167. The molecule has 0 heterocycles. The summed E-state index contributed by atoms with van der Waals surface area (Å²) in [4.78, 5) is 4.28. The van der Waals surface area contributed by atoms with E-state index in [4.69, 9.17) is 5.73 Å². The number of rotatable bonds is 6. The number of nitrogens with zero attached hydrogens (tertiary/aromatic N) is 1. The van der Waals surface area contributed by atoms with Gasteiger partial charge in [-0.3, -0.25) is 0 Å². The van der Waals surface area contributed by atoms with Gasteiger partial charge in [-0.2, -0.15) is 0 Å². The highest BCUT2D eigenvalue weighted by Crippen LogP contribution is 2.07. The Hall–Kier alpha value is -2.35. The third-order valence-electron chi connectivity index (χ3n) is 2.76. The van der Waals surface area contributed by atoms with Gasteiger partial charge in [0.25, 0.3) is 0 Å². The second kappa shape index (κ2) is 8.70. The van der Waals surface area contributed by atoms with Gasteiger partial charge in [-0.1, -0.05) is 56.0 Å². The van der Waals surface area contributed by atoms with Crippen molar-refractivity contribution in [2.75, 3.05) is 0 Å². The fourth-order valence-electron chi connectivity index (χ4n) is 1.58. The summed E-state index contributed by atoms with van der Waals surface area (Å²) in [6.45, 7) is 7.81. The van der Waals surface area contributed by atoms with Crippen molar-refractivity contribution in [2.24, 2.45) is 10.7 Å². The molecular weight excluding hydrogens is 244 g/mol. The van der Waals surface area contributed by atoms with Gasteiger partial charge in [0.1, 0.15) is 5.84 Å². The van der Waals surface area contributed by atoms with E-state index in [-0.39, 0.29) is 0 Å². The van der Waals surface area contributed by atoms with Crippen molar-refractivity contribution in [3.05, 3.63) is 78.0 Å². The van der Waals surface area contributed by atoms with Crippen molar-refractivity contribution in [3.63, 3.8) is 0 Å². The van der Waals surface area contributed by atoms with Crippen LogP contribution in [0.4, 0.5) is 0 Å². The zero-order valence-electron chi connectivity index (χ0n) is 12.2. The van der Waals surface area contributed by atoms with Crippen LogP contribution in [-0.2, 0) is 6.42 Å². The van der Waals surface area contributed by atoms with Crippen LogP contribution in [0.5, 0.6) is 0 Å². The molecule has 0 bridgehead atoms. The van der Waals surface area contributed by atoms with E-state index in [1.807, 2.05) is 31.2 Å². The van der Waals surface area contributed by atoms with Gasteiger partial charge in [-0.15, -0.1) is 0 Å². The Morgan fingerprint density at radius 2 is 2.00 bits per heavy atom. The Kier molecular flexibility index (Phi) is 6.83. The van der Waals surface area contributed by atoms with Crippen LogP contribution < -0.4 is 5.73 Å². The summed E-state index contributed by atoms with van der Waals surface area (Å²) in [5.41, 5.74) is 9.05. The molecular formula is C18H22N2. The predicted octanol–water partition coefficient (Wildman–Crippen LogP) is 4.27. The lowest BCUT2D eigenvalue weighted by atomic mass is 10.1. The van der Waals surface area contributed by atoms with E-state index in [1.54, 1.807) is 12.2 Å². The van der Waals surface area contributed by atoms with Crippen LogP contribution in [0.25, 0.3) is 6.08 Å². The van der Waals surface area contributed by atoms with E-state index < -0.39 is 0 Å². The lowest BCUT2D eigenvalue weighted by Crippen LogP contribution is -2.07. The predicted molar refractivity (Wildman–Crippen MR) is 89.6 cm³/mol. The zero-order valence-corrected chi connectivity index (χ0v) is 12.2. The maximum atomic E-state index is 5.88. The minimum atomic E-state index is 0.459. The van der Waals surface area contributed by atoms with Gasteiger partial charge >= 0.3 is 0 Å². The smallest absolute Gasteiger partial charge is 0.124 e. The van der Waals surface area contributed by atoms with Crippen LogP contribution in [-0.4, -0.2) is 5.84 Å². The molecule has 0 aliphatic rings. The lowest BCUT2D eigenvalue weighted by molar-refractivity contribution is 1.14. The number of benzene rings is 1. The highest BCUT2D eigenvalue weighted by molar-refractivity contribution is 5.95. The van der Waals surface area contributed by atoms with E-state index in [2.05, 4.69) is 42.8 Å². The average molecular weight is 266 g/mol. The molecule has 104 valence electrons. The van der Waals surface area contributed by atoms with Crippen LogP contribution in [0.15, 0.2) is 71.9 Å². The normalized spacial score (nSPS) is 13.3. The molecule has 0 atom stereocenters. The van der Waals surface area contributed by atoms with Gasteiger partial charge in [0, 0.05) is 0 Å². The highest BCUT2D eigenvalue weighted by Gasteiger charge is 1.91. The zero-order chi connectivity index (χ0) is 14.8. The second-order valence-corrected chi connectivity index (χ2v) is 4.29. The number of nitrogens with two attached hydrogens (primary N) is 1. The van der Waals surface area contributed by atoms with Gasteiger partial charge < -0.3 is 5.73 Å². The molecule has 1 rings (SSSR count). The molecule has 0 aromatic heterocycles. The maximum absolute atomic E-state index is 5.88. The molecule has 1 aromatic carbocycles. The number of aryl methyl sites for hydroxylation is 1. The van der Waals surface area contributed by atoms with Crippen molar-refractivity contribution >= 4 is 11.9 Å². The third-order valence-corrected chi connectivity index (χ3v) is 2.76. The molecule has 0 radical (unpaired) electrons. The van der Waals surface area contributed by atoms with Crippen molar-refractivity contribution in [3.8, 4) is 0 Å². The third kappa shape index (κ3) is 5.53. The van der Waals surface area contributed by atoms with Crippen LogP contribution in [0.3, 0.4) is 0 Å². The van der Waals surface area contributed by atoms with E-state index in [0.717, 1.165) is 17.7 Å². The largest absolute Gasteiger partial charge is 0.384 e. The van der Waals surface area contributed by atoms with Crippen LogP contribution >= 0.6 is 0 Å². The van der Waals surface area contributed by atoms with Crippen LogP contribution in [0, 0.1) is 0 Å². The Bertz CT molecular complexity index is 543. The van der Waals surface area contributed by atoms with Crippen molar-refractivity contribution < 1.29 is 0 Å². The highest BCUT2D eigenvalue weighted by atomic mass is 14.8. The van der Waals surface area contributed by atoms with Gasteiger partial charge in [0.15, 0.2) is 0 Å². The van der Waals surface area contributed by atoms with E-state index in [0.29, 0.717) is 5.84 Å². The monoisotopic (exact) mass is 266 g/mol. The Morgan fingerprint density at radius 1 is 1.30 bits per heavy atom. The standard InChI is InChI=1S/C18H22N2/c1-4-7-8-17(6-3)20-18(19)14-13-16-11-9-15(5-2)10-12-16/h4,6-14H,3,5H2,1-2H3,(H2,19,20)/b7-4-,14-13+,17-8+. The van der Waals surface area contributed by atoms with Crippen molar-refractivity contribution in [1.29, 1.82) is 0 Å². The van der Waals surface area contributed by atoms with Crippen LogP contribution in [0.2, 0.25) is 0 Å². The molecule has 0 saturated carbocycles. The summed E-state index contributed by atoms with van der Waals surface area (Å²) in [6, 6.07) is 8.39. The molecule has 0 fully saturated rings. The van der Waals surface area contributed by atoms with E-state index in [1.165, 1.54) is 5.56 Å². The molecule has 20 heavy (non-hydrogen) atoms. The molecule has 0 unspecified atom stereocenters. The first-order valence-corrected chi connectivity index (χ1v) is 6.76. The topological polar surface area (TPSA) is 38.4 Å². The first-order chi connectivity index (χ1) is 9.69. The van der Waals surface area contributed by atoms with Crippen molar-refractivity contribution in [1.82, 2.24) is 0 Å². The number of hydrogen-bond acceptors (Lipinski definition) is 1. The maximum Gasteiger partial charge on any atom is 0.124 e. The second-order valence-electron chi connectivity index (χ2n) is 4.29. The number of amidine groups is 1. The Labute approximate surface area is 121 Å². The molecule has 0 aliphatic heterocycles. The number of hydrogen-bond donors (Lipinski definition) is 1. The molecule has 0 amide bonds. The molecule has 0 saturated heterocycles.